The molecule has 1 N–H and O–H groups in total. The number of sulfonamides is 1. The number of aryl methyl sites for hydroxylation is 1. The quantitative estimate of drug-likeness (QED) is 0.936. The van der Waals surface area contributed by atoms with Crippen LogP contribution in [0.15, 0.2) is 59.5 Å². The highest BCUT2D eigenvalue weighted by Gasteiger charge is 2.40. The van der Waals surface area contributed by atoms with Crippen LogP contribution < -0.4 is 0 Å². The molecule has 2 aromatic rings. The van der Waals surface area contributed by atoms with E-state index in [0.717, 1.165) is 11.1 Å². The smallest absolute Gasteiger partial charge is 0.243 e. The lowest BCUT2D eigenvalue weighted by molar-refractivity contribution is 0.142. The molecule has 0 bridgehead atoms. The standard InChI is InChI=1S/C18H21NO3S/c1-14-7-9-16(10-8-14)23(21,22)19-12-11-18(20)17(19)13-15-5-3-2-4-6-15/h2-10,17-18,20H,11-13H2,1H3/t17-,18-/m0/s1. The summed E-state index contributed by atoms with van der Waals surface area (Å²) in [6, 6.07) is 16.1. The first-order chi connectivity index (χ1) is 11.0. The van der Waals surface area contributed by atoms with Gasteiger partial charge in [0.1, 0.15) is 0 Å². The molecule has 2 atom stereocenters. The topological polar surface area (TPSA) is 57.6 Å². The second-order valence-electron chi connectivity index (χ2n) is 6.04. The molecule has 3 rings (SSSR count). The van der Waals surface area contributed by atoms with Gasteiger partial charge in [0, 0.05) is 6.54 Å². The molecule has 1 fully saturated rings. The molecule has 4 nitrogen and oxygen atoms in total. The Bertz CT molecular complexity index is 757. The van der Waals surface area contributed by atoms with Crippen molar-refractivity contribution in [2.75, 3.05) is 6.54 Å². The van der Waals surface area contributed by atoms with Crippen molar-refractivity contribution in [2.24, 2.45) is 0 Å². The van der Waals surface area contributed by atoms with E-state index in [2.05, 4.69) is 0 Å². The van der Waals surface area contributed by atoms with E-state index in [1.165, 1.54) is 4.31 Å². The number of rotatable bonds is 4. The SMILES string of the molecule is Cc1ccc(S(=O)(=O)N2CC[C@H](O)[C@@H]2Cc2ccccc2)cc1. The highest BCUT2D eigenvalue weighted by Crippen LogP contribution is 2.28. The van der Waals surface area contributed by atoms with E-state index in [1.54, 1.807) is 24.3 Å². The zero-order valence-electron chi connectivity index (χ0n) is 13.1. The van der Waals surface area contributed by atoms with Gasteiger partial charge in [-0.2, -0.15) is 4.31 Å². The third kappa shape index (κ3) is 3.32. The van der Waals surface area contributed by atoms with E-state index in [0.29, 0.717) is 19.4 Å². The Labute approximate surface area is 137 Å². The second kappa shape index (κ2) is 6.43. The van der Waals surface area contributed by atoms with Gasteiger partial charge in [-0.3, -0.25) is 0 Å². The zero-order valence-corrected chi connectivity index (χ0v) is 13.9. The Morgan fingerprint density at radius 3 is 2.39 bits per heavy atom. The van der Waals surface area contributed by atoms with E-state index in [4.69, 9.17) is 0 Å². The van der Waals surface area contributed by atoms with Crippen LogP contribution in [0.3, 0.4) is 0 Å². The molecule has 122 valence electrons. The summed E-state index contributed by atoms with van der Waals surface area (Å²) in [7, 11) is -3.58. The van der Waals surface area contributed by atoms with Crippen LogP contribution in [0.25, 0.3) is 0 Å². The van der Waals surface area contributed by atoms with Crippen LogP contribution in [0.5, 0.6) is 0 Å². The van der Waals surface area contributed by atoms with E-state index in [1.807, 2.05) is 37.3 Å². The largest absolute Gasteiger partial charge is 0.391 e. The van der Waals surface area contributed by atoms with Crippen LogP contribution >= 0.6 is 0 Å². The third-order valence-corrected chi connectivity index (χ3v) is 6.31. The summed E-state index contributed by atoms with van der Waals surface area (Å²) < 4.78 is 27.3. The molecule has 1 aliphatic rings. The lowest BCUT2D eigenvalue weighted by atomic mass is 10.0. The minimum Gasteiger partial charge on any atom is -0.391 e. The van der Waals surface area contributed by atoms with Gasteiger partial charge in [-0.1, -0.05) is 48.0 Å². The number of hydrogen-bond acceptors (Lipinski definition) is 3. The predicted octanol–water partition coefficient (Wildman–Crippen LogP) is 2.36. The number of benzene rings is 2. The molecular formula is C18H21NO3S. The molecule has 2 aromatic carbocycles. The van der Waals surface area contributed by atoms with Crippen LogP contribution in [-0.4, -0.2) is 36.5 Å². The summed E-state index contributed by atoms with van der Waals surface area (Å²) in [4.78, 5) is 0.287. The van der Waals surface area contributed by atoms with Gasteiger partial charge in [0.05, 0.1) is 17.0 Å². The van der Waals surface area contributed by atoms with Crippen molar-refractivity contribution in [2.45, 2.75) is 36.8 Å². The molecule has 0 unspecified atom stereocenters. The van der Waals surface area contributed by atoms with Crippen LogP contribution in [0.1, 0.15) is 17.5 Å². The van der Waals surface area contributed by atoms with Crippen molar-refractivity contribution in [3.8, 4) is 0 Å². The molecule has 1 saturated heterocycles. The van der Waals surface area contributed by atoms with Crippen LogP contribution in [0, 0.1) is 6.92 Å². The highest BCUT2D eigenvalue weighted by atomic mass is 32.2. The van der Waals surface area contributed by atoms with E-state index < -0.39 is 22.2 Å². The summed E-state index contributed by atoms with van der Waals surface area (Å²) in [5.74, 6) is 0. The van der Waals surface area contributed by atoms with E-state index in [9.17, 15) is 13.5 Å². The lowest BCUT2D eigenvalue weighted by Crippen LogP contribution is -2.41. The Morgan fingerprint density at radius 2 is 1.74 bits per heavy atom. The fourth-order valence-corrected chi connectivity index (χ4v) is 4.72. The van der Waals surface area contributed by atoms with Crippen molar-refractivity contribution in [1.29, 1.82) is 0 Å². The summed E-state index contributed by atoms with van der Waals surface area (Å²) in [6.45, 7) is 2.28. The number of nitrogens with zero attached hydrogens (tertiary/aromatic N) is 1. The van der Waals surface area contributed by atoms with Gasteiger partial charge in [0.2, 0.25) is 10.0 Å². The monoisotopic (exact) mass is 331 g/mol. The number of hydrogen-bond donors (Lipinski definition) is 1. The maximum absolute atomic E-state index is 12.9. The van der Waals surface area contributed by atoms with Crippen molar-refractivity contribution < 1.29 is 13.5 Å². The van der Waals surface area contributed by atoms with Crippen LogP contribution in [0.2, 0.25) is 0 Å². The Morgan fingerprint density at radius 1 is 1.09 bits per heavy atom. The molecule has 1 aliphatic heterocycles. The van der Waals surface area contributed by atoms with Gasteiger partial charge in [-0.15, -0.1) is 0 Å². The lowest BCUT2D eigenvalue weighted by Gasteiger charge is -2.26. The van der Waals surface area contributed by atoms with Crippen molar-refractivity contribution in [1.82, 2.24) is 4.31 Å². The zero-order chi connectivity index (χ0) is 16.4. The Balaban J connectivity index is 1.89. The molecule has 0 amide bonds. The van der Waals surface area contributed by atoms with Crippen molar-refractivity contribution >= 4 is 10.0 Å². The molecule has 23 heavy (non-hydrogen) atoms. The molecular weight excluding hydrogens is 310 g/mol. The van der Waals surface area contributed by atoms with Crippen LogP contribution in [-0.2, 0) is 16.4 Å². The summed E-state index contributed by atoms with van der Waals surface area (Å²) >= 11 is 0. The van der Waals surface area contributed by atoms with Gasteiger partial charge in [0.15, 0.2) is 0 Å². The van der Waals surface area contributed by atoms with E-state index in [-0.39, 0.29) is 4.90 Å². The Hall–Kier alpha value is -1.69. The maximum atomic E-state index is 12.9. The Kier molecular flexibility index (Phi) is 4.53. The molecule has 0 saturated carbocycles. The minimum absolute atomic E-state index is 0.287. The molecule has 0 aromatic heterocycles. The first-order valence-electron chi connectivity index (χ1n) is 7.79. The van der Waals surface area contributed by atoms with Gasteiger partial charge in [-0.25, -0.2) is 8.42 Å². The van der Waals surface area contributed by atoms with Crippen LogP contribution in [0.4, 0.5) is 0 Å². The summed E-state index contributed by atoms with van der Waals surface area (Å²) in [5.41, 5.74) is 2.05. The predicted molar refractivity (Wildman–Crippen MR) is 89.6 cm³/mol. The van der Waals surface area contributed by atoms with Crippen molar-refractivity contribution in [3.05, 3.63) is 65.7 Å². The second-order valence-corrected chi connectivity index (χ2v) is 7.93. The number of aliphatic hydroxyl groups excluding tert-OH is 1. The van der Waals surface area contributed by atoms with Gasteiger partial charge in [-0.05, 0) is 37.5 Å². The highest BCUT2D eigenvalue weighted by molar-refractivity contribution is 7.89. The average molecular weight is 331 g/mol. The molecule has 0 radical (unpaired) electrons. The fraction of sp³-hybridized carbons (Fsp3) is 0.333. The maximum Gasteiger partial charge on any atom is 0.243 e. The first kappa shape index (κ1) is 16.2. The summed E-state index contributed by atoms with van der Waals surface area (Å²) in [6.07, 6.45) is 0.366. The number of aliphatic hydroxyl groups is 1. The van der Waals surface area contributed by atoms with E-state index >= 15 is 0 Å². The molecule has 5 heteroatoms. The van der Waals surface area contributed by atoms with Gasteiger partial charge in [0.25, 0.3) is 0 Å². The third-order valence-electron chi connectivity index (χ3n) is 4.37. The normalized spacial score (nSPS) is 22.3. The molecule has 1 heterocycles. The summed E-state index contributed by atoms with van der Waals surface area (Å²) in [5, 5.41) is 10.3. The van der Waals surface area contributed by atoms with Gasteiger partial charge >= 0.3 is 0 Å². The van der Waals surface area contributed by atoms with Crippen molar-refractivity contribution in [3.63, 3.8) is 0 Å². The molecule has 0 aliphatic carbocycles. The minimum atomic E-state index is -3.58. The van der Waals surface area contributed by atoms with Gasteiger partial charge < -0.3 is 5.11 Å². The molecule has 0 spiro atoms. The first-order valence-corrected chi connectivity index (χ1v) is 9.23. The average Bonchev–Trinajstić information content (AvgIpc) is 2.90. The fourth-order valence-electron chi connectivity index (χ4n) is 3.05.